The highest BCUT2D eigenvalue weighted by molar-refractivity contribution is 5.36. The zero-order valence-corrected chi connectivity index (χ0v) is 11.6. The van der Waals surface area contributed by atoms with Crippen molar-refractivity contribution in [3.8, 4) is 0 Å². The third-order valence-electron chi connectivity index (χ3n) is 4.16. The van der Waals surface area contributed by atoms with Gasteiger partial charge in [0.2, 0.25) is 0 Å². The van der Waals surface area contributed by atoms with Crippen LogP contribution in [0.2, 0.25) is 0 Å². The maximum atomic E-state index is 12.7. The van der Waals surface area contributed by atoms with E-state index in [1.165, 1.54) is 12.1 Å². The van der Waals surface area contributed by atoms with Gasteiger partial charge in [-0.1, -0.05) is 18.2 Å². The first-order chi connectivity index (χ1) is 10.4. The third-order valence-corrected chi connectivity index (χ3v) is 4.16. The first-order valence-electron chi connectivity index (χ1n) is 6.91. The molecule has 3 nitrogen and oxygen atoms in total. The molecule has 2 aromatic rings. The van der Waals surface area contributed by atoms with Crippen LogP contribution in [0.1, 0.15) is 22.9 Å². The molecular weight excluding hydrogens is 293 g/mol. The highest BCUT2D eigenvalue weighted by Gasteiger charge is 2.46. The molecular formula is C16H15F3N2O. The molecule has 1 fully saturated rings. The number of aliphatic hydroxyl groups is 1. The number of halogens is 3. The first-order valence-corrected chi connectivity index (χ1v) is 6.91. The predicted octanol–water partition coefficient (Wildman–Crippen LogP) is 2.68. The van der Waals surface area contributed by atoms with Crippen molar-refractivity contribution in [3.05, 3.63) is 65.5 Å². The number of rotatable bonds is 3. The van der Waals surface area contributed by atoms with Crippen molar-refractivity contribution in [1.29, 1.82) is 0 Å². The van der Waals surface area contributed by atoms with Gasteiger partial charge in [0.25, 0.3) is 0 Å². The van der Waals surface area contributed by atoms with Crippen LogP contribution in [0.3, 0.4) is 0 Å². The van der Waals surface area contributed by atoms with Crippen LogP contribution in [0, 0.1) is 0 Å². The van der Waals surface area contributed by atoms with Crippen molar-refractivity contribution in [3.63, 3.8) is 0 Å². The van der Waals surface area contributed by atoms with E-state index < -0.39 is 23.3 Å². The van der Waals surface area contributed by atoms with Crippen LogP contribution in [-0.2, 0) is 11.6 Å². The molecule has 116 valence electrons. The predicted molar refractivity (Wildman–Crippen MR) is 75.2 cm³/mol. The van der Waals surface area contributed by atoms with E-state index in [1.807, 2.05) is 0 Å². The quantitative estimate of drug-likeness (QED) is 0.916. The molecule has 2 heterocycles. The summed E-state index contributed by atoms with van der Waals surface area (Å²) in [6.07, 6.45) is -3.64. The molecule has 0 aliphatic carbocycles. The summed E-state index contributed by atoms with van der Waals surface area (Å²) in [5, 5.41) is 13.7. The zero-order valence-electron chi connectivity index (χ0n) is 11.6. The van der Waals surface area contributed by atoms with E-state index >= 15 is 0 Å². The number of benzene rings is 1. The highest BCUT2D eigenvalue weighted by Crippen LogP contribution is 2.41. The van der Waals surface area contributed by atoms with Gasteiger partial charge in [0.1, 0.15) is 6.10 Å². The van der Waals surface area contributed by atoms with Crippen molar-refractivity contribution in [1.82, 2.24) is 10.3 Å². The van der Waals surface area contributed by atoms with Gasteiger partial charge in [0.15, 0.2) is 0 Å². The van der Waals surface area contributed by atoms with Crippen molar-refractivity contribution in [2.24, 2.45) is 0 Å². The summed E-state index contributed by atoms with van der Waals surface area (Å²) >= 11 is 0. The number of nitrogens with one attached hydrogen (secondary N) is 1. The van der Waals surface area contributed by atoms with E-state index in [2.05, 4.69) is 10.3 Å². The van der Waals surface area contributed by atoms with Gasteiger partial charge in [-0.25, -0.2) is 0 Å². The second-order valence-electron chi connectivity index (χ2n) is 5.49. The lowest BCUT2D eigenvalue weighted by atomic mass is 9.69. The maximum absolute atomic E-state index is 12.7. The minimum absolute atomic E-state index is 0.496. The Morgan fingerprint density at radius 1 is 1.09 bits per heavy atom. The maximum Gasteiger partial charge on any atom is 0.416 e. The Kier molecular flexibility index (Phi) is 3.66. The topological polar surface area (TPSA) is 45.2 Å². The van der Waals surface area contributed by atoms with E-state index in [0.717, 1.165) is 12.1 Å². The van der Waals surface area contributed by atoms with Crippen LogP contribution in [0.4, 0.5) is 13.2 Å². The Balaban J connectivity index is 1.93. The van der Waals surface area contributed by atoms with Gasteiger partial charge in [-0.05, 0) is 29.8 Å². The summed E-state index contributed by atoms with van der Waals surface area (Å²) in [6, 6.07) is 10.2. The second kappa shape index (κ2) is 5.37. The Hall–Kier alpha value is -1.92. The number of hydrogen-bond donors (Lipinski definition) is 2. The number of pyridine rings is 1. The van der Waals surface area contributed by atoms with Crippen LogP contribution >= 0.6 is 0 Å². The van der Waals surface area contributed by atoms with Gasteiger partial charge in [-0.15, -0.1) is 0 Å². The number of nitrogens with zero attached hydrogens (tertiary/aromatic N) is 1. The number of aromatic nitrogens is 1. The standard InChI is InChI=1S/C16H15F3N2O/c17-16(18,19)12-6-4-11(5-7-12)15(9-20-10-15)14(22)13-3-1-2-8-21-13/h1-8,14,20,22H,9-10H2. The van der Waals surface area contributed by atoms with Gasteiger partial charge in [-0.2, -0.15) is 13.2 Å². The fourth-order valence-corrected chi connectivity index (χ4v) is 2.76. The summed E-state index contributed by atoms with van der Waals surface area (Å²) < 4.78 is 38.0. The molecule has 0 amide bonds. The molecule has 0 spiro atoms. The molecule has 0 radical (unpaired) electrons. The highest BCUT2D eigenvalue weighted by atomic mass is 19.4. The molecule has 1 aliphatic heterocycles. The van der Waals surface area contributed by atoms with Crippen LogP contribution in [0.15, 0.2) is 48.7 Å². The van der Waals surface area contributed by atoms with Crippen LogP contribution in [-0.4, -0.2) is 23.2 Å². The van der Waals surface area contributed by atoms with E-state index in [-0.39, 0.29) is 0 Å². The SMILES string of the molecule is OC(c1ccccn1)C1(c2ccc(C(F)(F)F)cc2)CNC1. The largest absolute Gasteiger partial charge is 0.416 e. The van der Waals surface area contributed by atoms with Gasteiger partial charge in [0, 0.05) is 19.3 Å². The molecule has 1 saturated heterocycles. The minimum Gasteiger partial charge on any atom is -0.386 e. The molecule has 1 aromatic heterocycles. The number of hydrogen-bond acceptors (Lipinski definition) is 3. The van der Waals surface area contributed by atoms with Crippen LogP contribution < -0.4 is 5.32 Å². The molecule has 22 heavy (non-hydrogen) atoms. The summed E-state index contributed by atoms with van der Waals surface area (Å²) in [5.74, 6) is 0. The van der Waals surface area contributed by atoms with Gasteiger partial charge in [0.05, 0.1) is 16.7 Å². The van der Waals surface area contributed by atoms with Gasteiger partial charge < -0.3 is 10.4 Å². The van der Waals surface area contributed by atoms with Crippen molar-refractivity contribution < 1.29 is 18.3 Å². The molecule has 0 bridgehead atoms. The van der Waals surface area contributed by atoms with Gasteiger partial charge in [-0.3, -0.25) is 4.98 Å². The molecule has 1 aromatic carbocycles. The normalized spacial score (nSPS) is 18.5. The second-order valence-corrected chi connectivity index (χ2v) is 5.49. The fourth-order valence-electron chi connectivity index (χ4n) is 2.76. The number of alkyl halides is 3. The van der Waals surface area contributed by atoms with Gasteiger partial charge >= 0.3 is 6.18 Å². The summed E-state index contributed by atoms with van der Waals surface area (Å²) in [6.45, 7) is 0.992. The molecule has 1 atom stereocenters. The van der Waals surface area contributed by atoms with E-state index in [0.29, 0.717) is 24.3 Å². The Morgan fingerprint density at radius 3 is 2.23 bits per heavy atom. The molecule has 1 unspecified atom stereocenters. The Morgan fingerprint density at radius 2 is 1.77 bits per heavy atom. The third kappa shape index (κ3) is 2.48. The lowest BCUT2D eigenvalue weighted by Crippen LogP contribution is -2.60. The van der Waals surface area contributed by atoms with E-state index in [9.17, 15) is 18.3 Å². The molecule has 0 saturated carbocycles. The lowest BCUT2D eigenvalue weighted by Gasteiger charge is -2.46. The summed E-state index contributed by atoms with van der Waals surface area (Å²) in [5.41, 5.74) is -0.134. The minimum atomic E-state index is -4.36. The first kappa shape index (κ1) is 15.0. The van der Waals surface area contributed by atoms with Crippen LogP contribution in [0.25, 0.3) is 0 Å². The average Bonchev–Trinajstić information content (AvgIpc) is 2.46. The number of aliphatic hydroxyl groups excluding tert-OH is 1. The lowest BCUT2D eigenvalue weighted by molar-refractivity contribution is -0.137. The van der Waals surface area contributed by atoms with Crippen LogP contribution in [0.5, 0.6) is 0 Å². The Bertz CT molecular complexity index is 637. The average molecular weight is 308 g/mol. The van der Waals surface area contributed by atoms with E-state index in [4.69, 9.17) is 0 Å². The molecule has 6 heteroatoms. The fraction of sp³-hybridized carbons (Fsp3) is 0.312. The van der Waals surface area contributed by atoms with E-state index in [1.54, 1.807) is 24.4 Å². The molecule has 2 N–H and O–H groups in total. The smallest absolute Gasteiger partial charge is 0.386 e. The van der Waals surface area contributed by atoms with Crippen molar-refractivity contribution in [2.45, 2.75) is 17.7 Å². The monoisotopic (exact) mass is 308 g/mol. The summed E-state index contributed by atoms with van der Waals surface area (Å²) in [4.78, 5) is 4.15. The molecule has 1 aliphatic rings. The Labute approximate surface area is 125 Å². The van der Waals surface area contributed by atoms with Crippen molar-refractivity contribution in [2.75, 3.05) is 13.1 Å². The van der Waals surface area contributed by atoms with Crippen molar-refractivity contribution >= 4 is 0 Å². The zero-order chi connectivity index (χ0) is 15.8. The summed E-state index contributed by atoms with van der Waals surface area (Å²) in [7, 11) is 0. The molecule has 3 rings (SSSR count).